The maximum Gasteiger partial charge on any atom is 0.0564 e. The van der Waals surface area contributed by atoms with Crippen LogP contribution in [-0.4, -0.2) is 0 Å². The lowest BCUT2D eigenvalue weighted by Gasteiger charge is -2.34. The summed E-state index contributed by atoms with van der Waals surface area (Å²) in [5, 5.41) is 4.97. The quantitative estimate of drug-likeness (QED) is 0.143. The summed E-state index contributed by atoms with van der Waals surface area (Å²) in [7, 11) is 0. The first-order valence-electron chi connectivity index (χ1n) is 22.8. The summed E-state index contributed by atoms with van der Waals surface area (Å²) in [4.78, 5) is 4.89. The Labute approximate surface area is 386 Å². The van der Waals surface area contributed by atoms with Crippen LogP contribution in [0, 0.1) is 0 Å². The molecule has 12 rings (SSSR count). The maximum atomic E-state index is 2.46. The van der Waals surface area contributed by atoms with Crippen LogP contribution in [0.2, 0.25) is 0 Å². The smallest absolute Gasteiger partial charge is 0.0564 e. The van der Waals surface area contributed by atoms with Gasteiger partial charge in [0.1, 0.15) is 0 Å². The second-order valence-electron chi connectivity index (χ2n) is 17.5. The fourth-order valence-electron chi connectivity index (χ4n) is 10.3. The number of fused-ring (bicyclic) bond motifs is 5. The molecule has 312 valence electrons. The van der Waals surface area contributed by atoms with Crippen LogP contribution in [0.3, 0.4) is 0 Å². The second kappa shape index (κ2) is 16.3. The summed E-state index contributed by atoms with van der Waals surface area (Å²) in [6.07, 6.45) is 0. The monoisotopic (exact) mass is 842 g/mol. The van der Waals surface area contributed by atoms with Crippen molar-refractivity contribution in [3.05, 3.63) is 278 Å². The van der Waals surface area contributed by atoms with Crippen molar-refractivity contribution in [2.24, 2.45) is 0 Å². The molecule has 0 amide bonds. The average molecular weight is 843 g/mol. The predicted molar refractivity (Wildman–Crippen MR) is 279 cm³/mol. The van der Waals surface area contributed by atoms with E-state index >= 15 is 0 Å². The third kappa shape index (κ3) is 6.74. The van der Waals surface area contributed by atoms with Crippen molar-refractivity contribution in [1.29, 1.82) is 0 Å². The number of benzene rings is 11. The summed E-state index contributed by atoms with van der Waals surface area (Å²) < 4.78 is 0. The van der Waals surface area contributed by atoms with Crippen LogP contribution in [-0.2, 0) is 5.41 Å². The van der Waals surface area contributed by atoms with Crippen LogP contribution >= 0.6 is 0 Å². The Morgan fingerprint density at radius 1 is 0.288 bits per heavy atom. The molecule has 0 fully saturated rings. The first kappa shape index (κ1) is 39.2. The lowest BCUT2D eigenvalue weighted by Crippen LogP contribution is -2.23. The normalized spacial score (nSPS) is 13.9. The molecular formula is C64H46N2. The highest BCUT2D eigenvalue weighted by atomic mass is 15.2. The maximum absolute atomic E-state index is 2.46. The SMILES string of the molecule is CC1(c2ccccc2)c2ccccc2-c2c(N(c3ccccc3)c3ccc(-c4ccc5ccccc5c4)cc3)cc(N(c3ccccc3)c3ccc(-c4ccc5ccccc5c4)cc3)cc21. The Morgan fingerprint density at radius 3 is 1.27 bits per heavy atom. The summed E-state index contributed by atoms with van der Waals surface area (Å²) in [6, 6.07) is 95.5. The van der Waals surface area contributed by atoms with Gasteiger partial charge in [-0.1, -0.05) is 188 Å². The van der Waals surface area contributed by atoms with Gasteiger partial charge in [-0.2, -0.15) is 0 Å². The molecule has 0 bridgehead atoms. The molecule has 11 aromatic carbocycles. The van der Waals surface area contributed by atoms with Crippen molar-refractivity contribution in [3.8, 4) is 33.4 Å². The van der Waals surface area contributed by atoms with E-state index in [0.29, 0.717) is 0 Å². The Kier molecular flexibility index (Phi) is 9.65. The number of anilines is 6. The van der Waals surface area contributed by atoms with Crippen LogP contribution in [0.25, 0.3) is 54.9 Å². The van der Waals surface area contributed by atoms with Crippen molar-refractivity contribution in [2.45, 2.75) is 12.3 Å². The first-order valence-corrected chi connectivity index (χ1v) is 22.8. The Balaban J connectivity index is 1.08. The number of nitrogens with zero attached hydrogens (tertiary/aromatic N) is 2. The van der Waals surface area contributed by atoms with Crippen LogP contribution in [0.1, 0.15) is 23.6 Å². The second-order valence-corrected chi connectivity index (χ2v) is 17.5. The fourth-order valence-corrected chi connectivity index (χ4v) is 10.3. The van der Waals surface area contributed by atoms with E-state index in [-0.39, 0.29) is 0 Å². The predicted octanol–water partition coefficient (Wildman–Crippen LogP) is 17.6. The number of rotatable bonds is 9. The summed E-state index contributed by atoms with van der Waals surface area (Å²) in [5.74, 6) is 0. The molecule has 0 spiro atoms. The van der Waals surface area contributed by atoms with Crippen LogP contribution in [0.15, 0.2) is 261 Å². The van der Waals surface area contributed by atoms with Crippen molar-refractivity contribution in [1.82, 2.24) is 0 Å². The molecule has 1 aliphatic carbocycles. The van der Waals surface area contributed by atoms with Gasteiger partial charge >= 0.3 is 0 Å². The third-order valence-electron chi connectivity index (χ3n) is 13.7. The molecule has 0 radical (unpaired) electrons. The van der Waals surface area contributed by atoms with E-state index in [1.165, 1.54) is 71.6 Å². The van der Waals surface area contributed by atoms with Gasteiger partial charge in [0, 0.05) is 39.4 Å². The lowest BCUT2D eigenvalue weighted by molar-refractivity contribution is 0.714. The highest BCUT2D eigenvalue weighted by Crippen LogP contribution is 2.58. The standard InChI is InChI=1S/C64H46N2/c1-64(53-21-5-2-6-22-53)60-28-16-15-27-59(60)63-61(64)43-58(65(54-23-7-3-8-24-54)56-37-33-47(34-38-56)51-31-29-45-17-11-13-19-49(45)41-51)44-62(63)66(55-25-9-4-10-26-55)57-39-35-48(36-40-57)52-32-30-46-18-12-14-20-50(46)42-52/h2-44H,1H3. The molecule has 1 atom stereocenters. The van der Waals surface area contributed by atoms with Crippen LogP contribution in [0.4, 0.5) is 34.1 Å². The minimum Gasteiger partial charge on any atom is -0.310 e. The van der Waals surface area contributed by atoms with Gasteiger partial charge in [0.05, 0.1) is 5.69 Å². The van der Waals surface area contributed by atoms with Gasteiger partial charge in [-0.3, -0.25) is 0 Å². The highest BCUT2D eigenvalue weighted by Gasteiger charge is 2.43. The van der Waals surface area contributed by atoms with E-state index in [1.807, 2.05) is 0 Å². The Morgan fingerprint density at radius 2 is 0.712 bits per heavy atom. The lowest BCUT2D eigenvalue weighted by atomic mass is 9.74. The third-order valence-corrected chi connectivity index (χ3v) is 13.7. The zero-order valence-electron chi connectivity index (χ0n) is 36.7. The largest absolute Gasteiger partial charge is 0.310 e. The number of hydrogen-bond donors (Lipinski definition) is 0. The average Bonchev–Trinajstić information content (AvgIpc) is 3.65. The topological polar surface area (TPSA) is 6.48 Å². The van der Waals surface area contributed by atoms with Crippen molar-refractivity contribution < 1.29 is 0 Å². The first-order chi connectivity index (χ1) is 32.6. The van der Waals surface area contributed by atoms with E-state index < -0.39 is 5.41 Å². The van der Waals surface area contributed by atoms with E-state index in [2.05, 4.69) is 278 Å². The Bertz CT molecular complexity index is 3530. The van der Waals surface area contributed by atoms with Gasteiger partial charge in [0.2, 0.25) is 0 Å². The molecule has 11 aromatic rings. The minimum absolute atomic E-state index is 0.442. The van der Waals surface area contributed by atoms with Crippen LogP contribution < -0.4 is 9.80 Å². The van der Waals surface area contributed by atoms with Crippen molar-refractivity contribution in [2.75, 3.05) is 9.80 Å². The Hall–Kier alpha value is -8.46. The van der Waals surface area contributed by atoms with Gasteiger partial charge in [-0.05, 0) is 146 Å². The molecule has 2 heteroatoms. The van der Waals surface area contributed by atoms with E-state index in [1.54, 1.807) is 0 Å². The van der Waals surface area contributed by atoms with Gasteiger partial charge in [-0.25, -0.2) is 0 Å². The van der Waals surface area contributed by atoms with E-state index in [0.717, 1.165) is 34.1 Å². The molecular weight excluding hydrogens is 797 g/mol. The minimum atomic E-state index is -0.442. The molecule has 66 heavy (non-hydrogen) atoms. The van der Waals surface area contributed by atoms with E-state index in [9.17, 15) is 0 Å². The van der Waals surface area contributed by atoms with Crippen molar-refractivity contribution >= 4 is 55.7 Å². The summed E-state index contributed by atoms with van der Waals surface area (Å²) in [6.45, 7) is 2.41. The van der Waals surface area contributed by atoms with Crippen LogP contribution in [0.5, 0.6) is 0 Å². The molecule has 0 heterocycles. The molecule has 0 aliphatic heterocycles. The van der Waals surface area contributed by atoms with E-state index in [4.69, 9.17) is 0 Å². The molecule has 0 saturated carbocycles. The molecule has 0 N–H and O–H groups in total. The van der Waals surface area contributed by atoms with Gasteiger partial charge in [0.15, 0.2) is 0 Å². The van der Waals surface area contributed by atoms with Gasteiger partial charge < -0.3 is 9.80 Å². The van der Waals surface area contributed by atoms with Gasteiger partial charge in [0.25, 0.3) is 0 Å². The zero-order chi connectivity index (χ0) is 44.0. The molecule has 0 aromatic heterocycles. The molecule has 0 saturated heterocycles. The van der Waals surface area contributed by atoms with Crippen molar-refractivity contribution in [3.63, 3.8) is 0 Å². The zero-order valence-corrected chi connectivity index (χ0v) is 36.7. The highest BCUT2D eigenvalue weighted by molar-refractivity contribution is 5.99. The number of para-hydroxylation sites is 2. The fraction of sp³-hybridized carbons (Fsp3) is 0.0312. The molecule has 1 aliphatic rings. The number of hydrogen-bond acceptors (Lipinski definition) is 2. The summed E-state index contributed by atoms with van der Waals surface area (Å²) in [5.41, 5.74) is 17.2. The summed E-state index contributed by atoms with van der Waals surface area (Å²) >= 11 is 0. The molecule has 2 nitrogen and oxygen atoms in total. The molecule has 1 unspecified atom stereocenters. The van der Waals surface area contributed by atoms with Gasteiger partial charge in [-0.15, -0.1) is 0 Å².